The van der Waals surface area contributed by atoms with Crippen molar-refractivity contribution in [3.8, 4) is 17.2 Å². The van der Waals surface area contributed by atoms with Crippen molar-refractivity contribution in [1.29, 1.82) is 0 Å². The molecule has 160 valence electrons. The first-order valence-electron chi connectivity index (χ1n) is 9.86. The SMILES string of the molecule is Cc1cc(C)cc(OCC(=O)Oc2cccc(C(=O)OCCOc3ccccc3)c2)c1. The van der Waals surface area contributed by atoms with Crippen molar-refractivity contribution in [2.24, 2.45) is 0 Å². The van der Waals surface area contributed by atoms with Crippen molar-refractivity contribution in [3.63, 3.8) is 0 Å². The van der Waals surface area contributed by atoms with Crippen molar-refractivity contribution in [2.75, 3.05) is 19.8 Å². The van der Waals surface area contributed by atoms with Gasteiger partial charge in [0.05, 0.1) is 5.56 Å². The summed E-state index contributed by atoms with van der Waals surface area (Å²) < 4.78 is 21.5. The molecule has 3 aromatic carbocycles. The first-order chi connectivity index (χ1) is 15.0. The number of hydrogen-bond donors (Lipinski definition) is 0. The van der Waals surface area contributed by atoms with Crippen molar-refractivity contribution < 1.29 is 28.5 Å². The Kier molecular flexibility index (Phi) is 7.65. The molecule has 6 nitrogen and oxygen atoms in total. The average Bonchev–Trinajstić information content (AvgIpc) is 2.75. The number of carbonyl (C=O) groups excluding carboxylic acids is 2. The lowest BCUT2D eigenvalue weighted by atomic mass is 10.1. The average molecular weight is 420 g/mol. The van der Waals surface area contributed by atoms with Gasteiger partial charge in [-0.05, 0) is 67.4 Å². The molecule has 0 heterocycles. The Morgan fingerprint density at radius 1 is 0.710 bits per heavy atom. The van der Waals surface area contributed by atoms with E-state index in [1.807, 2.05) is 62.4 Å². The summed E-state index contributed by atoms with van der Waals surface area (Å²) in [7, 11) is 0. The van der Waals surface area contributed by atoms with E-state index in [1.54, 1.807) is 18.2 Å². The zero-order valence-corrected chi connectivity index (χ0v) is 17.5. The van der Waals surface area contributed by atoms with Crippen LogP contribution < -0.4 is 14.2 Å². The number of carbonyl (C=O) groups is 2. The number of ether oxygens (including phenoxy) is 4. The number of benzene rings is 3. The minimum atomic E-state index is -0.569. The lowest BCUT2D eigenvalue weighted by molar-refractivity contribution is -0.136. The summed E-state index contributed by atoms with van der Waals surface area (Å²) in [6.07, 6.45) is 0. The van der Waals surface area contributed by atoms with Crippen LogP contribution in [0.5, 0.6) is 17.2 Å². The number of para-hydroxylation sites is 1. The minimum absolute atomic E-state index is 0.0987. The largest absolute Gasteiger partial charge is 0.490 e. The Hall–Kier alpha value is -3.80. The van der Waals surface area contributed by atoms with Crippen LogP contribution in [-0.2, 0) is 9.53 Å². The predicted molar refractivity (Wildman–Crippen MR) is 116 cm³/mol. The highest BCUT2D eigenvalue weighted by molar-refractivity contribution is 5.90. The van der Waals surface area contributed by atoms with E-state index in [4.69, 9.17) is 18.9 Å². The Morgan fingerprint density at radius 3 is 2.16 bits per heavy atom. The molecule has 0 atom stereocenters. The van der Waals surface area contributed by atoms with Crippen LogP contribution in [0.1, 0.15) is 21.5 Å². The molecule has 0 spiro atoms. The molecule has 0 unspecified atom stereocenters. The van der Waals surface area contributed by atoms with E-state index < -0.39 is 11.9 Å². The van der Waals surface area contributed by atoms with Gasteiger partial charge < -0.3 is 18.9 Å². The maximum atomic E-state index is 12.2. The fourth-order valence-corrected chi connectivity index (χ4v) is 2.90. The molecule has 3 rings (SSSR count). The van der Waals surface area contributed by atoms with Crippen LogP contribution in [0.25, 0.3) is 0 Å². The summed E-state index contributed by atoms with van der Waals surface area (Å²) in [5.41, 5.74) is 2.37. The third-order valence-electron chi connectivity index (χ3n) is 4.18. The third-order valence-corrected chi connectivity index (χ3v) is 4.18. The van der Waals surface area contributed by atoms with Crippen LogP contribution in [0.15, 0.2) is 72.8 Å². The van der Waals surface area contributed by atoms with E-state index in [0.717, 1.165) is 11.1 Å². The highest BCUT2D eigenvalue weighted by atomic mass is 16.6. The number of rotatable bonds is 9. The van der Waals surface area contributed by atoms with Crippen molar-refractivity contribution in [1.82, 2.24) is 0 Å². The molecule has 0 saturated carbocycles. The van der Waals surface area contributed by atoms with Gasteiger partial charge in [-0.15, -0.1) is 0 Å². The molecule has 0 aliphatic rings. The van der Waals surface area contributed by atoms with Crippen LogP contribution in [0.2, 0.25) is 0 Å². The van der Waals surface area contributed by atoms with Gasteiger partial charge in [-0.1, -0.05) is 30.3 Å². The van der Waals surface area contributed by atoms with Crippen molar-refractivity contribution >= 4 is 11.9 Å². The van der Waals surface area contributed by atoms with E-state index >= 15 is 0 Å². The lowest BCUT2D eigenvalue weighted by Crippen LogP contribution is -2.18. The molecule has 0 amide bonds. The topological polar surface area (TPSA) is 71.1 Å². The second-order valence-corrected chi connectivity index (χ2v) is 6.91. The van der Waals surface area contributed by atoms with Gasteiger partial charge in [0.25, 0.3) is 0 Å². The van der Waals surface area contributed by atoms with Crippen molar-refractivity contribution in [3.05, 3.63) is 89.5 Å². The normalized spacial score (nSPS) is 10.3. The van der Waals surface area contributed by atoms with Gasteiger partial charge in [0.1, 0.15) is 30.5 Å². The summed E-state index contributed by atoms with van der Waals surface area (Å²) in [5, 5.41) is 0. The van der Waals surface area contributed by atoms with Gasteiger partial charge in [-0.3, -0.25) is 0 Å². The predicted octanol–water partition coefficient (Wildman–Crippen LogP) is 4.52. The highest BCUT2D eigenvalue weighted by Gasteiger charge is 2.11. The van der Waals surface area contributed by atoms with Gasteiger partial charge in [-0.2, -0.15) is 0 Å². The van der Waals surface area contributed by atoms with Crippen molar-refractivity contribution in [2.45, 2.75) is 13.8 Å². The summed E-state index contributed by atoms with van der Waals surface area (Å²) in [5.74, 6) is 0.450. The molecule has 6 heteroatoms. The molecular formula is C25H24O6. The maximum absolute atomic E-state index is 12.2. The van der Waals surface area contributed by atoms with E-state index in [0.29, 0.717) is 11.5 Å². The molecule has 0 aromatic heterocycles. The fraction of sp³-hybridized carbons (Fsp3) is 0.200. The van der Waals surface area contributed by atoms with Gasteiger partial charge in [-0.25, -0.2) is 9.59 Å². The van der Waals surface area contributed by atoms with E-state index in [1.165, 1.54) is 6.07 Å². The summed E-state index contributed by atoms with van der Waals surface area (Å²) >= 11 is 0. The van der Waals surface area contributed by atoms with Gasteiger partial charge in [0.15, 0.2) is 6.61 Å². The highest BCUT2D eigenvalue weighted by Crippen LogP contribution is 2.17. The molecule has 0 saturated heterocycles. The zero-order chi connectivity index (χ0) is 22.1. The van der Waals surface area contributed by atoms with Crippen LogP contribution in [0.3, 0.4) is 0 Å². The van der Waals surface area contributed by atoms with E-state index in [-0.39, 0.29) is 31.1 Å². The second-order valence-electron chi connectivity index (χ2n) is 6.91. The van der Waals surface area contributed by atoms with E-state index in [2.05, 4.69) is 0 Å². The summed E-state index contributed by atoms with van der Waals surface area (Å²) in [6.45, 7) is 4.00. The molecule has 0 aliphatic heterocycles. The van der Waals surface area contributed by atoms with E-state index in [9.17, 15) is 9.59 Å². The quantitative estimate of drug-likeness (QED) is 0.288. The molecule has 3 aromatic rings. The standard InChI is InChI=1S/C25H24O6/c1-18-13-19(2)15-23(14-18)30-17-24(26)31-22-10-6-7-20(16-22)25(27)29-12-11-28-21-8-4-3-5-9-21/h3-10,13-16H,11-12,17H2,1-2H3. The maximum Gasteiger partial charge on any atom is 0.349 e. The Bertz CT molecular complexity index is 1010. The molecular weight excluding hydrogens is 396 g/mol. The smallest absolute Gasteiger partial charge is 0.349 e. The monoisotopic (exact) mass is 420 g/mol. The summed E-state index contributed by atoms with van der Waals surface area (Å²) in [6, 6.07) is 21.2. The first-order valence-corrected chi connectivity index (χ1v) is 9.86. The lowest BCUT2D eigenvalue weighted by Gasteiger charge is -2.10. The fourth-order valence-electron chi connectivity index (χ4n) is 2.90. The summed E-state index contributed by atoms with van der Waals surface area (Å²) in [4.78, 5) is 24.3. The number of hydrogen-bond acceptors (Lipinski definition) is 6. The number of aryl methyl sites for hydroxylation is 2. The van der Waals surface area contributed by atoms with Crippen LogP contribution >= 0.6 is 0 Å². The van der Waals surface area contributed by atoms with Gasteiger partial charge >= 0.3 is 11.9 Å². The molecule has 0 radical (unpaired) electrons. The van der Waals surface area contributed by atoms with Gasteiger partial charge in [0.2, 0.25) is 0 Å². The van der Waals surface area contributed by atoms with Crippen LogP contribution in [-0.4, -0.2) is 31.8 Å². The molecule has 0 N–H and O–H groups in total. The number of esters is 2. The van der Waals surface area contributed by atoms with Gasteiger partial charge in [0, 0.05) is 0 Å². The Labute approximate surface area is 181 Å². The molecule has 31 heavy (non-hydrogen) atoms. The molecule has 0 aliphatic carbocycles. The second kappa shape index (κ2) is 10.8. The first kappa shape index (κ1) is 21.9. The van der Waals surface area contributed by atoms with Crippen LogP contribution in [0.4, 0.5) is 0 Å². The van der Waals surface area contributed by atoms with Crippen LogP contribution in [0, 0.1) is 13.8 Å². The molecule has 0 bridgehead atoms. The Balaban J connectivity index is 1.46. The minimum Gasteiger partial charge on any atom is -0.490 e. The third kappa shape index (κ3) is 7.19. The zero-order valence-electron chi connectivity index (χ0n) is 17.5. The Morgan fingerprint density at radius 2 is 1.42 bits per heavy atom. The molecule has 0 fully saturated rings.